The Hall–Kier alpha value is -1.45. The predicted octanol–water partition coefficient (Wildman–Crippen LogP) is 3.76. The van der Waals surface area contributed by atoms with Crippen LogP contribution >= 0.6 is 23.2 Å². The second-order valence-electron chi connectivity index (χ2n) is 3.07. The first-order valence-electron chi connectivity index (χ1n) is 4.50. The van der Waals surface area contributed by atoms with Crippen LogP contribution in [0.25, 0.3) is 0 Å². The molecular formula is C11H8Cl2N2O. The van der Waals surface area contributed by atoms with Gasteiger partial charge in [-0.3, -0.25) is 0 Å². The number of nitrogens with two attached hydrogens (primary N) is 1. The highest BCUT2D eigenvalue weighted by Gasteiger charge is 2.07. The van der Waals surface area contributed by atoms with Crippen molar-refractivity contribution in [3.05, 3.63) is 46.6 Å². The maximum absolute atomic E-state index is 5.90. The van der Waals surface area contributed by atoms with Gasteiger partial charge in [0.25, 0.3) is 0 Å². The van der Waals surface area contributed by atoms with E-state index in [0.717, 1.165) is 0 Å². The molecule has 2 aromatic rings. The lowest BCUT2D eigenvalue weighted by atomic mass is 10.3. The van der Waals surface area contributed by atoms with E-state index < -0.39 is 0 Å². The maximum atomic E-state index is 5.90. The Bertz CT molecular complexity index is 517. The molecule has 0 bridgehead atoms. The van der Waals surface area contributed by atoms with Crippen molar-refractivity contribution in [3.63, 3.8) is 0 Å². The van der Waals surface area contributed by atoms with Crippen LogP contribution in [0, 0.1) is 0 Å². The molecule has 0 aliphatic rings. The van der Waals surface area contributed by atoms with E-state index in [-0.39, 0.29) is 0 Å². The fourth-order valence-electron chi connectivity index (χ4n) is 1.15. The number of nitrogens with zero attached hydrogens (tertiary/aromatic N) is 1. The van der Waals surface area contributed by atoms with Gasteiger partial charge in [-0.1, -0.05) is 23.2 Å². The molecule has 0 spiro atoms. The quantitative estimate of drug-likeness (QED) is 0.831. The molecule has 0 atom stereocenters. The molecule has 0 unspecified atom stereocenters. The lowest BCUT2D eigenvalue weighted by molar-refractivity contribution is 0.465. The molecule has 2 N–H and O–H groups in total. The molecule has 0 aliphatic heterocycles. The average molecular weight is 255 g/mol. The second kappa shape index (κ2) is 4.60. The molecular weight excluding hydrogens is 247 g/mol. The largest absolute Gasteiger partial charge is 0.435 e. The minimum Gasteiger partial charge on any atom is -0.435 e. The number of aromatic nitrogens is 1. The summed E-state index contributed by atoms with van der Waals surface area (Å²) in [6, 6.07) is 8.36. The summed E-state index contributed by atoms with van der Waals surface area (Å²) in [6.07, 6.45) is 1.59. The number of hydrogen-bond acceptors (Lipinski definition) is 3. The van der Waals surface area contributed by atoms with Gasteiger partial charge in [0.1, 0.15) is 5.02 Å². The van der Waals surface area contributed by atoms with Crippen molar-refractivity contribution in [2.75, 3.05) is 5.73 Å². The number of pyridine rings is 1. The summed E-state index contributed by atoms with van der Waals surface area (Å²) in [5.41, 5.74) is 6.21. The Kier molecular flexibility index (Phi) is 3.17. The first-order chi connectivity index (χ1) is 7.66. The van der Waals surface area contributed by atoms with Gasteiger partial charge < -0.3 is 10.5 Å². The van der Waals surface area contributed by atoms with E-state index in [0.29, 0.717) is 27.4 Å². The fraction of sp³-hybridized carbons (Fsp3) is 0. The molecule has 0 saturated carbocycles. The number of hydrogen-bond donors (Lipinski definition) is 1. The summed E-state index contributed by atoms with van der Waals surface area (Å²) in [4.78, 5) is 3.99. The number of anilines is 1. The fourth-order valence-corrected chi connectivity index (χ4v) is 1.47. The van der Waals surface area contributed by atoms with Gasteiger partial charge in [-0.05, 0) is 24.3 Å². The van der Waals surface area contributed by atoms with Gasteiger partial charge in [0.05, 0.1) is 5.69 Å². The summed E-state index contributed by atoms with van der Waals surface area (Å²) >= 11 is 11.7. The number of rotatable bonds is 2. The van der Waals surface area contributed by atoms with Gasteiger partial charge in [0.2, 0.25) is 5.88 Å². The highest BCUT2D eigenvalue weighted by atomic mass is 35.5. The molecule has 82 valence electrons. The van der Waals surface area contributed by atoms with Gasteiger partial charge in [0, 0.05) is 17.3 Å². The summed E-state index contributed by atoms with van der Waals surface area (Å²) in [6.45, 7) is 0. The van der Waals surface area contributed by atoms with Crippen molar-refractivity contribution in [1.29, 1.82) is 0 Å². The third-order valence-corrected chi connectivity index (χ3v) is 2.43. The van der Waals surface area contributed by atoms with Crippen LogP contribution in [0.4, 0.5) is 5.69 Å². The minimum atomic E-state index is 0.304. The summed E-state index contributed by atoms with van der Waals surface area (Å²) in [5, 5.41) is 0.957. The third kappa shape index (κ3) is 2.38. The Morgan fingerprint density at radius 3 is 2.75 bits per heavy atom. The molecule has 1 aromatic carbocycles. The van der Waals surface area contributed by atoms with Crippen LogP contribution in [-0.2, 0) is 0 Å². The predicted molar refractivity (Wildman–Crippen MR) is 65.2 cm³/mol. The zero-order valence-electron chi connectivity index (χ0n) is 8.15. The minimum absolute atomic E-state index is 0.304. The highest BCUT2D eigenvalue weighted by molar-refractivity contribution is 6.32. The van der Waals surface area contributed by atoms with Crippen LogP contribution in [0.15, 0.2) is 36.5 Å². The van der Waals surface area contributed by atoms with Crippen LogP contribution in [0.1, 0.15) is 0 Å². The van der Waals surface area contributed by atoms with Gasteiger partial charge in [-0.15, -0.1) is 0 Å². The topological polar surface area (TPSA) is 48.1 Å². The van der Waals surface area contributed by atoms with Crippen molar-refractivity contribution in [2.24, 2.45) is 0 Å². The molecule has 16 heavy (non-hydrogen) atoms. The molecule has 0 radical (unpaired) electrons. The Morgan fingerprint density at radius 1 is 1.19 bits per heavy atom. The summed E-state index contributed by atoms with van der Waals surface area (Å²) < 4.78 is 5.47. The molecule has 5 heteroatoms. The van der Waals surface area contributed by atoms with Crippen LogP contribution in [0.5, 0.6) is 11.6 Å². The summed E-state index contributed by atoms with van der Waals surface area (Å²) in [7, 11) is 0. The molecule has 3 nitrogen and oxygen atoms in total. The molecule has 0 amide bonds. The van der Waals surface area contributed by atoms with Gasteiger partial charge in [-0.25, -0.2) is 4.98 Å². The van der Waals surface area contributed by atoms with Crippen molar-refractivity contribution in [3.8, 4) is 11.6 Å². The van der Waals surface area contributed by atoms with Crippen LogP contribution in [0.3, 0.4) is 0 Å². The zero-order chi connectivity index (χ0) is 11.5. The van der Waals surface area contributed by atoms with E-state index in [4.69, 9.17) is 33.7 Å². The first-order valence-corrected chi connectivity index (χ1v) is 5.26. The number of nitrogen functional groups attached to an aromatic ring is 1. The van der Waals surface area contributed by atoms with Crippen molar-refractivity contribution in [1.82, 2.24) is 4.98 Å². The average Bonchev–Trinajstić information content (AvgIpc) is 2.27. The monoisotopic (exact) mass is 254 g/mol. The van der Waals surface area contributed by atoms with Crippen molar-refractivity contribution < 1.29 is 4.74 Å². The maximum Gasteiger partial charge on any atom is 0.238 e. The Balaban J connectivity index is 2.34. The smallest absolute Gasteiger partial charge is 0.238 e. The zero-order valence-corrected chi connectivity index (χ0v) is 9.66. The standard InChI is InChI=1S/C11H8Cl2N2O/c12-7-3-4-9(14)10(6-7)16-11-8(13)2-1-5-15-11/h1-6H,14H2. The molecule has 1 aromatic heterocycles. The van der Waals surface area contributed by atoms with E-state index >= 15 is 0 Å². The number of benzene rings is 1. The lowest BCUT2D eigenvalue weighted by Crippen LogP contribution is -1.93. The van der Waals surface area contributed by atoms with Crippen LogP contribution in [0.2, 0.25) is 10.0 Å². The Labute approximate surface area is 103 Å². The van der Waals surface area contributed by atoms with Gasteiger partial charge >= 0.3 is 0 Å². The van der Waals surface area contributed by atoms with E-state index in [1.807, 2.05) is 0 Å². The lowest BCUT2D eigenvalue weighted by Gasteiger charge is -2.08. The van der Waals surface area contributed by atoms with Crippen molar-refractivity contribution >= 4 is 28.9 Å². The number of halogens is 2. The summed E-state index contributed by atoms with van der Waals surface area (Å²) in [5.74, 6) is 0.742. The van der Waals surface area contributed by atoms with E-state index in [1.54, 1.807) is 36.5 Å². The van der Waals surface area contributed by atoms with Gasteiger partial charge in [0.15, 0.2) is 5.75 Å². The van der Waals surface area contributed by atoms with Crippen LogP contribution in [-0.4, -0.2) is 4.98 Å². The normalized spacial score (nSPS) is 10.1. The molecule has 1 heterocycles. The molecule has 0 fully saturated rings. The SMILES string of the molecule is Nc1ccc(Cl)cc1Oc1ncccc1Cl. The van der Waals surface area contributed by atoms with Gasteiger partial charge in [-0.2, -0.15) is 0 Å². The highest BCUT2D eigenvalue weighted by Crippen LogP contribution is 2.32. The van der Waals surface area contributed by atoms with E-state index in [9.17, 15) is 0 Å². The third-order valence-electron chi connectivity index (χ3n) is 1.91. The van der Waals surface area contributed by atoms with E-state index in [2.05, 4.69) is 4.98 Å². The van der Waals surface area contributed by atoms with Crippen molar-refractivity contribution in [2.45, 2.75) is 0 Å². The number of ether oxygens (including phenoxy) is 1. The Morgan fingerprint density at radius 2 is 2.00 bits per heavy atom. The molecule has 0 aliphatic carbocycles. The second-order valence-corrected chi connectivity index (χ2v) is 3.92. The first kappa shape index (κ1) is 11.0. The molecule has 0 saturated heterocycles. The van der Waals surface area contributed by atoms with Crippen LogP contribution < -0.4 is 10.5 Å². The molecule has 2 rings (SSSR count). The van der Waals surface area contributed by atoms with E-state index in [1.165, 1.54) is 0 Å².